The third kappa shape index (κ3) is 1.29. The Labute approximate surface area is 81.9 Å². The lowest BCUT2D eigenvalue weighted by Crippen LogP contribution is -2.18. The number of nitrogens with zero attached hydrogens (tertiary/aromatic N) is 2. The van der Waals surface area contributed by atoms with Gasteiger partial charge in [-0.15, -0.1) is 0 Å². The minimum Gasteiger partial charge on any atom is -0.394 e. The van der Waals surface area contributed by atoms with Crippen molar-refractivity contribution in [2.45, 2.75) is 6.04 Å². The number of benzene rings is 1. The molecule has 4 nitrogen and oxygen atoms in total. The largest absolute Gasteiger partial charge is 0.394 e. The second-order valence-corrected chi connectivity index (χ2v) is 3.32. The molecule has 1 atom stereocenters. The van der Waals surface area contributed by atoms with Crippen LogP contribution in [0.4, 0.5) is 0 Å². The standard InChI is InChI=1S/C10H13N3O/c1-13-10(8(11)6-14)7-4-2-3-5-9(7)12-13/h2-5,8,14H,6,11H2,1H3. The molecule has 0 amide bonds. The Kier molecular flexibility index (Phi) is 2.23. The van der Waals surface area contributed by atoms with Crippen LogP contribution in [0.15, 0.2) is 24.3 Å². The fourth-order valence-electron chi connectivity index (χ4n) is 1.69. The van der Waals surface area contributed by atoms with Crippen LogP contribution >= 0.6 is 0 Å². The number of hydrogen-bond donors (Lipinski definition) is 2. The van der Waals surface area contributed by atoms with Gasteiger partial charge >= 0.3 is 0 Å². The van der Waals surface area contributed by atoms with E-state index in [0.717, 1.165) is 16.6 Å². The van der Waals surface area contributed by atoms with Gasteiger partial charge in [-0.3, -0.25) is 4.68 Å². The van der Waals surface area contributed by atoms with Crippen LogP contribution in [0.2, 0.25) is 0 Å². The minimum absolute atomic E-state index is 0.0659. The predicted octanol–water partition coefficient (Wildman–Crippen LogP) is 0.565. The van der Waals surface area contributed by atoms with Crippen molar-refractivity contribution in [3.8, 4) is 0 Å². The first-order valence-electron chi connectivity index (χ1n) is 4.52. The lowest BCUT2D eigenvalue weighted by Gasteiger charge is -2.08. The van der Waals surface area contributed by atoms with Gasteiger partial charge in [-0.1, -0.05) is 18.2 Å². The molecule has 0 saturated carbocycles. The zero-order valence-corrected chi connectivity index (χ0v) is 8.01. The fraction of sp³-hybridized carbons (Fsp3) is 0.300. The first-order valence-corrected chi connectivity index (χ1v) is 4.52. The summed E-state index contributed by atoms with van der Waals surface area (Å²) in [6.45, 7) is -0.0659. The van der Waals surface area contributed by atoms with Gasteiger partial charge in [0, 0.05) is 12.4 Å². The monoisotopic (exact) mass is 191 g/mol. The quantitative estimate of drug-likeness (QED) is 0.729. The van der Waals surface area contributed by atoms with E-state index in [0.29, 0.717) is 0 Å². The molecule has 74 valence electrons. The average molecular weight is 191 g/mol. The molecule has 1 aromatic carbocycles. The molecule has 2 rings (SSSR count). The molecule has 0 aliphatic heterocycles. The molecule has 14 heavy (non-hydrogen) atoms. The Balaban J connectivity index is 2.67. The molecular formula is C10H13N3O. The highest BCUT2D eigenvalue weighted by Crippen LogP contribution is 2.21. The molecule has 0 saturated heterocycles. The van der Waals surface area contributed by atoms with E-state index >= 15 is 0 Å². The van der Waals surface area contributed by atoms with Crippen molar-refractivity contribution < 1.29 is 5.11 Å². The summed E-state index contributed by atoms with van der Waals surface area (Å²) in [7, 11) is 1.84. The molecule has 2 aromatic rings. The number of aliphatic hydroxyl groups is 1. The van der Waals surface area contributed by atoms with Crippen molar-refractivity contribution in [1.29, 1.82) is 0 Å². The summed E-state index contributed by atoms with van der Waals surface area (Å²) in [5, 5.41) is 14.3. The number of aromatic nitrogens is 2. The number of rotatable bonds is 2. The van der Waals surface area contributed by atoms with Crippen molar-refractivity contribution in [3.05, 3.63) is 30.0 Å². The molecular weight excluding hydrogens is 178 g/mol. The van der Waals surface area contributed by atoms with Gasteiger partial charge in [0.25, 0.3) is 0 Å². The van der Waals surface area contributed by atoms with Crippen molar-refractivity contribution >= 4 is 10.9 Å². The van der Waals surface area contributed by atoms with E-state index in [1.165, 1.54) is 0 Å². The Hall–Kier alpha value is -1.39. The summed E-state index contributed by atoms with van der Waals surface area (Å²) >= 11 is 0. The van der Waals surface area contributed by atoms with Crippen LogP contribution in [0.5, 0.6) is 0 Å². The number of aryl methyl sites for hydroxylation is 1. The Bertz CT molecular complexity index is 450. The van der Waals surface area contributed by atoms with Crippen LogP contribution in [0, 0.1) is 0 Å². The van der Waals surface area contributed by atoms with E-state index in [9.17, 15) is 0 Å². The highest BCUT2D eigenvalue weighted by Gasteiger charge is 2.14. The van der Waals surface area contributed by atoms with E-state index < -0.39 is 0 Å². The summed E-state index contributed by atoms with van der Waals surface area (Å²) in [5.74, 6) is 0. The summed E-state index contributed by atoms with van der Waals surface area (Å²) in [4.78, 5) is 0. The molecule has 4 heteroatoms. The summed E-state index contributed by atoms with van der Waals surface area (Å²) < 4.78 is 1.73. The molecule has 1 unspecified atom stereocenters. The van der Waals surface area contributed by atoms with Crippen LogP contribution in [-0.4, -0.2) is 21.5 Å². The Morgan fingerprint density at radius 3 is 2.93 bits per heavy atom. The van der Waals surface area contributed by atoms with Gasteiger partial charge in [-0.25, -0.2) is 0 Å². The van der Waals surface area contributed by atoms with Gasteiger partial charge in [-0.05, 0) is 6.07 Å². The van der Waals surface area contributed by atoms with Gasteiger partial charge in [0.05, 0.1) is 23.9 Å². The van der Waals surface area contributed by atoms with E-state index in [1.807, 2.05) is 31.3 Å². The smallest absolute Gasteiger partial charge is 0.0926 e. The second kappa shape index (κ2) is 3.40. The van der Waals surface area contributed by atoms with Crippen LogP contribution in [-0.2, 0) is 7.05 Å². The average Bonchev–Trinajstić information content (AvgIpc) is 2.53. The zero-order valence-electron chi connectivity index (χ0n) is 8.01. The topological polar surface area (TPSA) is 64.1 Å². The lowest BCUT2D eigenvalue weighted by molar-refractivity contribution is 0.264. The van der Waals surface area contributed by atoms with Crippen molar-refractivity contribution in [2.75, 3.05) is 6.61 Å². The molecule has 0 aliphatic rings. The van der Waals surface area contributed by atoms with Gasteiger partial charge < -0.3 is 10.8 Å². The maximum atomic E-state index is 9.02. The van der Waals surface area contributed by atoms with Crippen molar-refractivity contribution in [2.24, 2.45) is 12.8 Å². The van der Waals surface area contributed by atoms with Gasteiger partial charge in [0.2, 0.25) is 0 Å². The molecule has 0 radical (unpaired) electrons. The van der Waals surface area contributed by atoms with Crippen LogP contribution in [0.1, 0.15) is 11.7 Å². The third-order valence-corrected chi connectivity index (χ3v) is 2.33. The first-order chi connectivity index (χ1) is 6.74. The Morgan fingerprint density at radius 1 is 1.50 bits per heavy atom. The number of hydrogen-bond acceptors (Lipinski definition) is 3. The van der Waals surface area contributed by atoms with Crippen molar-refractivity contribution in [1.82, 2.24) is 9.78 Å². The van der Waals surface area contributed by atoms with E-state index in [2.05, 4.69) is 5.10 Å². The number of fused-ring (bicyclic) bond motifs is 1. The highest BCUT2D eigenvalue weighted by molar-refractivity contribution is 5.81. The molecule has 0 bridgehead atoms. The third-order valence-electron chi connectivity index (χ3n) is 2.33. The number of aliphatic hydroxyl groups excluding tert-OH is 1. The molecule has 1 heterocycles. The van der Waals surface area contributed by atoms with Gasteiger partial charge in [-0.2, -0.15) is 5.10 Å². The molecule has 1 aromatic heterocycles. The van der Waals surface area contributed by atoms with E-state index in [4.69, 9.17) is 10.8 Å². The zero-order chi connectivity index (χ0) is 10.1. The molecule has 3 N–H and O–H groups in total. The summed E-state index contributed by atoms with van der Waals surface area (Å²) in [5.41, 5.74) is 7.58. The van der Waals surface area contributed by atoms with Crippen LogP contribution < -0.4 is 5.73 Å². The lowest BCUT2D eigenvalue weighted by atomic mass is 10.1. The molecule has 0 fully saturated rings. The van der Waals surface area contributed by atoms with E-state index in [-0.39, 0.29) is 12.6 Å². The van der Waals surface area contributed by atoms with Crippen LogP contribution in [0.25, 0.3) is 10.9 Å². The summed E-state index contributed by atoms with van der Waals surface area (Å²) in [6.07, 6.45) is 0. The normalized spacial score (nSPS) is 13.4. The SMILES string of the molecule is Cn1nc2ccccc2c1C(N)CO. The van der Waals surface area contributed by atoms with Gasteiger partial charge in [0.1, 0.15) is 0 Å². The number of nitrogens with two attached hydrogens (primary N) is 1. The van der Waals surface area contributed by atoms with Crippen LogP contribution in [0.3, 0.4) is 0 Å². The molecule has 0 spiro atoms. The minimum atomic E-state index is -0.368. The predicted molar refractivity (Wildman–Crippen MR) is 54.7 cm³/mol. The van der Waals surface area contributed by atoms with Gasteiger partial charge in [0.15, 0.2) is 0 Å². The molecule has 0 aliphatic carbocycles. The fourth-order valence-corrected chi connectivity index (χ4v) is 1.69. The maximum Gasteiger partial charge on any atom is 0.0926 e. The summed E-state index contributed by atoms with van der Waals surface area (Å²) in [6, 6.07) is 7.41. The van der Waals surface area contributed by atoms with Crippen molar-refractivity contribution in [3.63, 3.8) is 0 Å². The highest BCUT2D eigenvalue weighted by atomic mass is 16.3. The Morgan fingerprint density at radius 2 is 2.21 bits per heavy atom. The second-order valence-electron chi connectivity index (χ2n) is 3.32. The maximum absolute atomic E-state index is 9.02. The van der Waals surface area contributed by atoms with E-state index in [1.54, 1.807) is 4.68 Å². The first kappa shape index (κ1) is 9.18.